The molecule has 4 N–H and O–H groups in total. The van der Waals surface area contributed by atoms with Gasteiger partial charge < -0.3 is 16.2 Å². The number of carbonyl (C=O) groups excluding carboxylic acids is 1. The van der Waals surface area contributed by atoms with E-state index in [-0.39, 0.29) is 5.91 Å². The first-order valence-electron chi connectivity index (χ1n) is 7.73. The molecule has 2 heterocycles. The summed E-state index contributed by atoms with van der Waals surface area (Å²) in [6.45, 7) is 5.34. The van der Waals surface area contributed by atoms with Crippen LogP contribution in [0.3, 0.4) is 0 Å². The van der Waals surface area contributed by atoms with Crippen LogP contribution < -0.4 is 11.1 Å². The number of fused-ring (bicyclic) bond motifs is 1. The zero-order chi connectivity index (χ0) is 18.3. The lowest BCUT2D eigenvalue weighted by atomic mass is 10.1. The van der Waals surface area contributed by atoms with Crippen LogP contribution in [0.1, 0.15) is 39.5 Å². The monoisotopic (exact) mass is 375 g/mol. The summed E-state index contributed by atoms with van der Waals surface area (Å²) >= 11 is 7.33. The lowest BCUT2D eigenvalue weighted by Crippen LogP contribution is -2.12. The summed E-state index contributed by atoms with van der Waals surface area (Å²) in [6.07, 6.45) is -0.650. The van der Waals surface area contributed by atoms with Gasteiger partial charge in [0, 0.05) is 27.4 Å². The Kier molecular flexibility index (Phi) is 4.69. The predicted octanol–water partition coefficient (Wildman–Crippen LogP) is 4.45. The van der Waals surface area contributed by atoms with Gasteiger partial charge in [0.15, 0.2) is 0 Å². The number of thiophene rings is 1. The fourth-order valence-electron chi connectivity index (χ4n) is 2.66. The van der Waals surface area contributed by atoms with E-state index in [1.165, 1.54) is 11.3 Å². The number of aliphatic hydroxyl groups excluding tert-OH is 1. The molecule has 0 radical (unpaired) electrons. The van der Waals surface area contributed by atoms with Crippen LogP contribution in [0.15, 0.2) is 24.3 Å². The Balaban J connectivity index is 2.02. The van der Waals surface area contributed by atoms with Crippen molar-refractivity contribution < 1.29 is 9.90 Å². The second kappa shape index (κ2) is 6.63. The van der Waals surface area contributed by atoms with Crippen LogP contribution >= 0.6 is 22.9 Å². The summed E-state index contributed by atoms with van der Waals surface area (Å²) in [4.78, 5) is 18.2. The number of aliphatic hydroxyl groups is 1. The van der Waals surface area contributed by atoms with Gasteiger partial charge in [-0.2, -0.15) is 0 Å². The molecule has 0 saturated heterocycles. The van der Waals surface area contributed by atoms with Gasteiger partial charge in [-0.15, -0.1) is 11.3 Å². The number of hydrogen-bond acceptors (Lipinski definition) is 5. The number of aryl methyl sites for hydroxylation is 1. The molecule has 2 aromatic heterocycles. The molecule has 0 fully saturated rings. The van der Waals surface area contributed by atoms with Gasteiger partial charge in [0.25, 0.3) is 5.91 Å². The van der Waals surface area contributed by atoms with Crippen molar-refractivity contribution in [3.63, 3.8) is 0 Å². The second-order valence-electron chi connectivity index (χ2n) is 5.90. The molecule has 3 aromatic rings. The third-order valence-electron chi connectivity index (χ3n) is 4.12. The Morgan fingerprint density at radius 3 is 2.80 bits per heavy atom. The van der Waals surface area contributed by atoms with E-state index in [1.54, 1.807) is 31.2 Å². The molecule has 1 aromatic carbocycles. The van der Waals surface area contributed by atoms with Gasteiger partial charge in [-0.25, -0.2) is 4.98 Å². The standard InChI is InChI=1S/C18H18ClN3O2S/c1-8-13(19)5-4-6-14(8)22-17(24)16-15(20)12-7-11(10(3)23)9(2)21-18(12)25-16/h4-7,10,23H,20H2,1-3H3,(H,22,24). The number of hydrogen-bond donors (Lipinski definition) is 3. The number of rotatable bonds is 3. The van der Waals surface area contributed by atoms with Crippen LogP contribution in [0.2, 0.25) is 5.02 Å². The van der Waals surface area contributed by atoms with Crippen molar-refractivity contribution in [2.75, 3.05) is 11.1 Å². The molecule has 0 aliphatic heterocycles. The average molecular weight is 376 g/mol. The molecule has 0 spiro atoms. The predicted molar refractivity (Wildman–Crippen MR) is 104 cm³/mol. The first-order chi connectivity index (χ1) is 11.8. The molecule has 3 rings (SSSR count). The Morgan fingerprint density at radius 2 is 2.12 bits per heavy atom. The number of amides is 1. The van der Waals surface area contributed by atoms with Crippen molar-refractivity contribution in [2.24, 2.45) is 0 Å². The maximum absolute atomic E-state index is 12.7. The molecule has 25 heavy (non-hydrogen) atoms. The van der Waals surface area contributed by atoms with Gasteiger partial charge in [-0.1, -0.05) is 17.7 Å². The van der Waals surface area contributed by atoms with Gasteiger partial charge in [0.05, 0.1) is 11.8 Å². The third-order valence-corrected chi connectivity index (χ3v) is 5.65. The van der Waals surface area contributed by atoms with Crippen LogP contribution in [0, 0.1) is 13.8 Å². The number of pyridine rings is 1. The Labute approximate surface area is 154 Å². The van der Waals surface area contributed by atoms with E-state index in [1.807, 2.05) is 13.8 Å². The Morgan fingerprint density at radius 1 is 1.40 bits per heavy atom. The Hall–Kier alpha value is -2.15. The van der Waals surface area contributed by atoms with Crippen LogP contribution in [-0.4, -0.2) is 16.0 Å². The quantitative estimate of drug-likeness (QED) is 0.630. The van der Waals surface area contributed by atoms with Gasteiger partial charge in [0.1, 0.15) is 9.71 Å². The number of nitrogen functional groups attached to an aromatic ring is 1. The minimum absolute atomic E-state index is 0.304. The maximum Gasteiger partial charge on any atom is 0.267 e. The molecule has 1 atom stereocenters. The van der Waals surface area contributed by atoms with E-state index >= 15 is 0 Å². The molecule has 5 nitrogen and oxygen atoms in total. The van der Waals surface area contributed by atoms with Crippen LogP contribution in [0.4, 0.5) is 11.4 Å². The number of aromatic nitrogens is 1. The SMILES string of the molecule is Cc1nc2sc(C(=O)Nc3cccc(Cl)c3C)c(N)c2cc1C(C)O. The molecular formula is C18H18ClN3O2S. The first-order valence-corrected chi connectivity index (χ1v) is 8.93. The summed E-state index contributed by atoms with van der Waals surface area (Å²) in [5.74, 6) is -0.304. The fourth-order valence-corrected chi connectivity index (χ4v) is 3.85. The van der Waals surface area contributed by atoms with Crippen molar-refractivity contribution >= 4 is 50.4 Å². The first kappa shape index (κ1) is 17.7. The average Bonchev–Trinajstić information content (AvgIpc) is 2.87. The molecule has 0 saturated carbocycles. The molecule has 1 amide bonds. The van der Waals surface area contributed by atoms with Crippen molar-refractivity contribution in [1.82, 2.24) is 4.98 Å². The zero-order valence-corrected chi connectivity index (χ0v) is 15.6. The largest absolute Gasteiger partial charge is 0.397 e. The van der Waals surface area contributed by atoms with E-state index < -0.39 is 6.10 Å². The number of nitrogens with two attached hydrogens (primary N) is 1. The number of halogens is 1. The lowest BCUT2D eigenvalue weighted by molar-refractivity contribution is 0.103. The molecule has 0 bridgehead atoms. The summed E-state index contributed by atoms with van der Waals surface area (Å²) in [5.41, 5.74) is 9.41. The highest BCUT2D eigenvalue weighted by Gasteiger charge is 2.20. The highest BCUT2D eigenvalue weighted by atomic mass is 35.5. The second-order valence-corrected chi connectivity index (χ2v) is 7.31. The Bertz CT molecular complexity index is 982. The molecule has 130 valence electrons. The third kappa shape index (κ3) is 3.20. The minimum Gasteiger partial charge on any atom is -0.397 e. The van der Waals surface area contributed by atoms with Crippen molar-refractivity contribution in [1.29, 1.82) is 0 Å². The van der Waals surface area contributed by atoms with E-state index in [0.29, 0.717) is 37.1 Å². The summed E-state index contributed by atoms with van der Waals surface area (Å²) in [5, 5.41) is 14.0. The fraction of sp³-hybridized carbons (Fsp3) is 0.222. The lowest BCUT2D eigenvalue weighted by Gasteiger charge is -2.09. The topological polar surface area (TPSA) is 88.2 Å². The van der Waals surface area contributed by atoms with Crippen molar-refractivity contribution in [2.45, 2.75) is 26.9 Å². The zero-order valence-electron chi connectivity index (χ0n) is 14.1. The molecule has 1 unspecified atom stereocenters. The van der Waals surface area contributed by atoms with Gasteiger partial charge in [0.2, 0.25) is 0 Å². The molecule has 7 heteroatoms. The van der Waals surface area contributed by atoms with Crippen molar-refractivity contribution in [3.8, 4) is 0 Å². The van der Waals surface area contributed by atoms with E-state index in [2.05, 4.69) is 10.3 Å². The van der Waals surface area contributed by atoms with Gasteiger partial charge in [-0.3, -0.25) is 4.79 Å². The number of nitrogens with one attached hydrogen (secondary N) is 1. The van der Waals surface area contributed by atoms with Crippen molar-refractivity contribution in [3.05, 3.63) is 51.0 Å². The highest BCUT2D eigenvalue weighted by Crippen LogP contribution is 2.35. The highest BCUT2D eigenvalue weighted by molar-refractivity contribution is 7.21. The van der Waals surface area contributed by atoms with E-state index in [0.717, 1.165) is 11.3 Å². The van der Waals surface area contributed by atoms with Gasteiger partial charge in [-0.05, 0) is 44.5 Å². The van der Waals surface area contributed by atoms with Crippen LogP contribution in [0.25, 0.3) is 10.2 Å². The summed E-state index contributed by atoms with van der Waals surface area (Å²) in [7, 11) is 0. The molecular weight excluding hydrogens is 358 g/mol. The van der Waals surface area contributed by atoms with Crippen LogP contribution in [-0.2, 0) is 0 Å². The summed E-state index contributed by atoms with van der Waals surface area (Å²) in [6, 6.07) is 7.13. The normalized spacial score (nSPS) is 12.4. The van der Waals surface area contributed by atoms with Crippen LogP contribution in [0.5, 0.6) is 0 Å². The molecule has 0 aliphatic rings. The number of anilines is 2. The number of nitrogens with zero attached hydrogens (tertiary/aromatic N) is 1. The number of benzene rings is 1. The molecule has 0 aliphatic carbocycles. The van der Waals surface area contributed by atoms with E-state index in [4.69, 9.17) is 17.3 Å². The maximum atomic E-state index is 12.7. The number of carbonyl (C=O) groups is 1. The van der Waals surface area contributed by atoms with Gasteiger partial charge >= 0.3 is 0 Å². The smallest absolute Gasteiger partial charge is 0.267 e. The van der Waals surface area contributed by atoms with E-state index in [9.17, 15) is 9.90 Å². The summed E-state index contributed by atoms with van der Waals surface area (Å²) < 4.78 is 0. The minimum atomic E-state index is -0.650.